The Hall–Kier alpha value is -0.570. The van der Waals surface area contributed by atoms with Gasteiger partial charge in [0.05, 0.1) is 6.16 Å². The van der Waals surface area contributed by atoms with Gasteiger partial charge in [0.15, 0.2) is 0 Å². The van der Waals surface area contributed by atoms with Crippen LogP contribution in [0.1, 0.15) is 58.6 Å². The van der Waals surface area contributed by atoms with Crippen LogP contribution in [0.3, 0.4) is 0 Å². The molecule has 0 unspecified atom stereocenters. The van der Waals surface area contributed by atoms with E-state index in [4.69, 9.17) is 13.5 Å². The maximum atomic E-state index is 12.2. The molecule has 0 bridgehead atoms. The Morgan fingerprint density at radius 1 is 1.05 bits per heavy atom. The Bertz CT molecular complexity index is 509. The summed E-state index contributed by atoms with van der Waals surface area (Å²) in [6.07, 6.45) is 0.970. The molecule has 4 nitrogen and oxygen atoms in total. The molecule has 5 heteroatoms. The van der Waals surface area contributed by atoms with Crippen LogP contribution in [-0.4, -0.2) is 20.4 Å². The third-order valence-electron chi connectivity index (χ3n) is 3.44. The topological polar surface area (TPSA) is 48.7 Å². The third-order valence-corrected chi connectivity index (χ3v) is 5.32. The molecule has 1 aromatic rings. The minimum Gasteiger partial charge on any atom is -0.465 e. The molecule has 0 fully saturated rings. The molecular formula is C16H29O4P. The number of hydrogen-bond donors (Lipinski definition) is 0. The Labute approximate surface area is 128 Å². The van der Waals surface area contributed by atoms with Crippen molar-refractivity contribution < 1.29 is 18.0 Å². The molecule has 0 spiro atoms. The highest BCUT2D eigenvalue weighted by Crippen LogP contribution is 2.47. The molecule has 0 aromatic carbocycles. The largest absolute Gasteiger partial charge is 0.465 e. The van der Waals surface area contributed by atoms with E-state index in [0.29, 0.717) is 12.6 Å². The molecule has 0 N–H and O–H groups in total. The zero-order valence-corrected chi connectivity index (χ0v) is 15.5. The number of furan rings is 1. The fraction of sp³-hybridized carbons (Fsp3) is 0.750. The summed E-state index contributed by atoms with van der Waals surface area (Å²) in [5.41, 5.74) is 0.940. The summed E-state index contributed by atoms with van der Waals surface area (Å²) in [5.74, 6) is 1.90. The van der Waals surface area contributed by atoms with Gasteiger partial charge >= 0.3 is 7.60 Å². The monoisotopic (exact) mass is 316 g/mol. The second kappa shape index (κ2) is 6.28. The number of hydrogen-bond acceptors (Lipinski definition) is 4. The first-order valence-corrected chi connectivity index (χ1v) is 9.00. The fourth-order valence-electron chi connectivity index (χ4n) is 2.13. The van der Waals surface area contributed by atoms with Crippen molar-refractivity contribution >= 4 is 7.60 Å². The van der Waals surface area contributed by atoms with Crippen LogP contribution in [0.5, 0.6) is 0 Å². The Morgan fingerprint density at radius 3 is 1.95 bits per heavy atom. The van der Waals surface area contributed by atoms with Gasteiger partial charge in [-0.15, -0.1) is 0 Å². The first-order chi connectivity index (χ1) is 9.43. The van der Waals surface area contributed by atoms with Gasteiger partial charge in [-0.05, 0) is 18.1 Å². The van der Waals surface area contributed by atoms with Crippen LogP contribution in [0.15, 0.2) is 10.5 Å². The molecule has 1 heterocycles. The van der Waals surface area contributed by atoms with Crippen molar-refractivity contribution in [1.82, 2.24) is 0 Å². The molecule has 122 valence electrons. The molecule has 0 atom stereocenters. The van der Waals surface area contributed by atoms with Crippen molar-refractivity contribution in [3.05, 3.63) is 23.2 Å². The molecule has 0 saturated carbocycles. The Balaban J connectivity index is 3.11. The van der Waals surface area contributed by atoms with Crippen LogP contribution in [0.4, 0.5) is 0 Å². The van der Waals surface area contributed by atoms with Gasteiger partial charge in [0.1, 0.15) is 11.5 Å². The van der Waals surface area contributed by atoms with Crippen LogP contribution in [0.25, 0.3) is 0 Å². The predicted molar refractivity (Wildman–Crippen MR) is 86.3 cm³/mol. The van der Waals surface area contributed by atoms with E-state index >= 15 is 0 Å². The SMILES string of the molecule is COP(=O)(CCc1cc(C(C)(C)C)oc1C(C)(C)C)OC. The van der Waals surface area contributed by atoms with Crippen molar-refractivity contribution in [2.24, 2.45) is 0 Å². The second-order valence-corrected chi connectivity index (χ2v) is 9.81. The van der Waals surface area contributed by atoms with E-state index < -0.39 is 7.60 Å². The lowest BCUT2D eigenvalue weighted by atomic mass is 9.89. The van der Waals surface area contributed by atoms with E-state index in [1.165, 1.54) is 14.2 Å². The standard InChI is InChI=1S/C16H29O4P/c1-15(2,3)13-11-12(14(20-13)16(4,5)6)9-10-21(17,18-7)19-8/h11H,9-10H2,1-8H3. The van der Waals surface area contributed by atoms with Crippen molar-refractivity contribution in [1.29, 1.82) is 0 Å². The first-order valence-electron chi connectivity index (χ1n) is 7.27. The molecule has 0 amide bonds. The maximum Gasteiger partial charge on any atom is 0.330 e. The van der Waals surface area contributed by atoms with Crippen molar-refractivity contribution in [3.63, 3.8) is 0 Å². The Kier molecular flexibility index (Phi) is 5.52. The van der Waals surface area contributed by atoms with Gasteiger partial charge in [0, 0.05) is 25.0 Å². The molecule has 0 aliphatic carbocycles. The third kappa shape index (κ3) is 4.70. The Morgan fingerprint density at radius 2 is 1.57 bits per heavy atom. The fourth-order valence-corrected chi connectivity index (χ4v) is 3.16. The zero-order chi connectivity index (χ0) is 16.5. The van der Waals surface area contributed by atoms with Crippen LogP contribution >= 0.6 is 7.60 Å². The van der Waals surface area contributed by atoms with Crippen LogP contribution in [0.2, 0.25) is 0 Å². The molecule has 0 aliphatic rings. The lowest BCUT2D eigenvalue weighted by Crippen LogP contribution is -2.13. The minimum atomic E-state index is -2.99. The molecule has 21 heavy (non-hydrogen) atoms. The van der Waals surface area contributed by atoms with Crippen molar-refractivity contribution in [3.8, 4) is 0 Å². The summed E-state index contributed by atoms with van der Waals surface area (Å²) in [7, 11) is -0.149. The van der Waals surface area contributed by atoms with Crippen molar-refractivity contribution in [2.45, 2.75) is 58.8 Å². The van der Waals surface area contributed by atoms with E-state index in [9.17, 15) is 4.57 Å². The van der Waals surface area contributed by atoms with Gasteiger partial charge in [-0.25, -0.2) is 0 Å². The minimum absolute atomic E-state index is 0.0511. The van der Waals surface area contributed by atoms with Crippen LogP contribution in [0, 0.1) is 0 Å². The maximum absolute atomic E-state index is 12.2. The summed E-state index contributed by atoms with van der Waals surface area (Å²) in [5, 5.41) is 0. The lowest BCUT2D eigenvalue weighted by Gasteiger charge is -2.19. The average molecular weight is 316 g/mol. The van der Waals surface area contributed by atoms with E-state index in [1.54, 1.807) is 0 Å². The van der Waals surface area contributed by atoms with Crippen LogP contribution in [-0.2, 0) is 30.9 Å². The van der Waals surface area contributed by atoms with E-state index in [-0.39, 0.29) is 10.8 Å². The number of aryl methyl sites for hydroxylation is 1. The molecule has 0 aliphatic heterocycles. The van der Waals surface area contributed by atoms with Gasteiger partial charge in [-0.1, -0.05) is 41.5 Å². The summed E-state index contributed by atoms with van der Waals surface area (Å²) in [4.78, 5) is 0. The van der Waals surface area contributed by atoms with Gasteiger partial charge < -0.3 is 13.5 Å². The molecule has 0 saturated heterocycles. The highest BCUT2D eigenvalue weighted by atomic mass is 31.2. The summed E-state index contributed by atoms with van der Waals surface area (Å²) < 4.78 is 28.3. The smallest absolute Gasteiger partial charge is 0.330 e. The molecule has 1 rings (SSSR count). The molecule has 0 radical (unpaired) electrons. The normalized spacial score (nSPS) is 13.7. The zero-order valence-electron chi connectivity index (χ0n) is 14.6. The summed E-state index contributed by atoms with van der Waals surface area (Å²) in [6, 6.07) is 2.08. The van der Waals surface area contributed by atoms with E-state index in [0.717, 1.165) is 17.1 Å². The first kappa shape index (κ1) is 18.5. The quantitative estimate of drug-likeness (QED) is 0.725. The van der Waals surface area contributed by atoms with E-state index in [2.05, 4.69) is 47.6 Å². The summed E-state index contributed by atoms with van der Waals surface area (Å²) in [6.45, 7) is 12.7. The van der Waals surface area contributed by atoms with Gasteiger partial charge in [-0.2, -0.15) is 0 Å². The van der Waals surface area contributed by atoms with Crippen LogP contribution < -0.4 is 0 Å². The van der Waals surface area contributed by atoms with Gasteiger partial charge in [0.25, 0.3) is 0 Å². The average Bonchev–Trinajstić information content (AvgIpc) is 2.80. The summed E-state index contributed by atoms with van der Waals surface area (Å²) >= 11 is 0. The van der Waals surface area contributed by atoms with Gasteiger partial charge in [-0.3, -0.25) is 4.57 Å². The lowest BCUT2D eigenvalue weighted by molar-refractivity contribution is 0.276. The molecule has 1 aromatic heterocycles. The number of rotatable bonds is 5. The highest BCUT2D eigenvalue weighted by Gasteiger charge is 2.29. The predicted octanol–water partition coefficient (Wildman–Crippen LogP) is 4.90. The van der Waals surface area contributed by atoms with E-state index in [1.807, 2.05) is 0 Å². The second-order valence-electron chi connectivity index (χ2n) is 7.41. The highest BCUT2D eigenvalue weighted by molar-refractivity contribution is 7.53. The molecular weight excluding hydrogens is 287 g/mol. The van der Waals surface area contributed by atoms with Gasteiger partial charge in [0.2, 0.25) is 0 Å². The van der Waals surface area contributed by atoms with Crippen molar-refractivity contribution in [2.75, 3.05) is 20.4 Å².